The van der Waals surface area contributed by atoms with E-state index in [-0.39, 0.29) is 0 Å². The lowest BCUT2D eigenvalue weighted by molar-refractivity contribution is 0.957. The highest BCUT2D eigenvalue weighted by atomic mass is 15.1. The van der Waals surface area contributed by atoms with Crippen LogP contribution in [0.4, 0.5) is 11.6 Å². The number of nitrogens with zero attached hydrogens (tertiary/aromatic N) is 3. The second-order valence-corrected chi connectivity index (χ2v) is 4.25. The lowest BCUT2D eigenvalue weighted by Gasteiger charge is -2.08. The molecule has 0 fully saturated rings. The minimum Gasteiger partial charge on any atom is -0.369 e. The van der Waals surface area contributed by atoms with Crippen LogP contribution >= 0.6 is 0 Å². The highest BCUT2D eigenvalue weighted by Gasteiger charge is 1.98. The summed E-state index contributed by atoms with van der Waals surface area (Å²) in [7, 11) is 0. The average molecular weight is 257 g/mol. The predicted octanol–water partition coefficient (Wildman–Crippen LogP) is 2.35. The van der Waals surface area contributed by atoms with Crippen LogP contribution in [0.15, 0.2) is 36.9 Å². The Kier molecular flexibility index (Phi) is 5.10. The number of nitrogens with one attached hydrogen (secondary N) is 2. The molecular weight excluding hydrogens is 238 g/mol. The molecule has 5 heteroatoms. The Hall–Kier alpha value is -2.17. The van der Waals surface area contributed by atoms with Gasteiger partial charge in [0, 0.05) is 25.5 Å². The minimum absolute atomic E-state index is 0.801. The van der Waals surface area contributed by atoms with Gasteiger partial charge in [0.25, 0.3) is 0 Å². The van der Waals surface area contributed by atoms with Gasteiger partial charge in [0.2, 0.25) is 0 Å². The van der Waals surface area contributed by atoms with Crippen LogP contribution in [0.1, 0.15) is 18.9 Å². The highest BCUT2D eigenvalue weighted by molar-refractivity contribution is 5.41. The first-order valence-corrected chi connectivity index (χ1v) is 6.57. The molecule has 0 aromatic carbocycles. The van der Waals surface area contributed by atoms with Crippen LogP contribution in [0.2, 0.25) is 0 Å². The number of rotatable bonds is 7. The van der Waals surface area contributed by atoms with Crippen molar-refractivity contribution in [3.05, 3.63) is 42.5 Å². The average Bonchev–Trinajstić information content (AvgIpc) is 2.47. The topological polar surface area (TPSA) is 62.7 Å². The van der Waals surface area contributed by atoms with Gasteiger partial charge < -0.3 is 10.6 Å². The predicted molar refractivity (Wildman–Crippen MR) is 77.2 cm³/mol. The summed E-state index contributed by atoms with van der Waals surface area (Å²) in [6.45, 7) is 3.86. The molecule has 2 rings (SSSR count). The molecule has 0 saturated heterocycles. The molecule has 0 spiro atoms. The SMILES string of the molecule is CCCNc1cncc(NCCc2ccncc2)n1. The first-order chi connectivity index (χ1) is 9.38. The molecule has 5 nitrogen and oxygen atoms in total. The number of hydrogen-bond acceptors (Lipinski definition) is 5. The molecule has 0 aliphatic rings. The maximum Gasteiger partial charge on any atom is 0.146 e. The molecule has 0 amide bonds. The van der Waals surface area contributed by atoms with Crippen LogP contribution in [0.25, 0.3) is 0 Å². The highest BCUT2D eigenvalue weighted by Crippen LogP contribution is 2.07. The third kappa shape index (κ3) is 4.54. The fourth-order valence-corrected chi connectivity index (χ4v) is 1.67. The van der Waals surface area contributed by atoms with Crippen molar-refractivity contribution in [2.45, 2.75) is 19.8 Å². The molecule has 0 atom stereocenters. The van der Waals surface area contributed by atoms with Gasteiger partial charge in [0.15, 0.2) is 0 Å². The summed E-state index contributed by atoms with van der Waals surface area (Å²) < 4.78 is 0. The maximum atomic E-state index is 4.44. The minimum atomic E-state index is 0.801. The number of pyridine rings is 1. The smallest absolute Gasteiger partial charge is 0.146 e. The summed E-state index contributed by atoms with van der Waals surface area (Å²) >= 11 is 0. The van der Waals surface area contributed by atoms with Gasteiger partial charge in [-0.1, -0.05) is 6.92 Å². The molecule has 0 aliphatic heterocycles. The standard InChI is InChI=1S/C14H19N5/c1-2-6-17-13-10-16-11-14(19-13)18-9-5-12-3-7-15-8-4-12/h3-4,7-8,10-11H,2,5-6,9H2,1H3,(H2,17,18,19). The molecular formula is C14H19N5. The van der Waals surface area contributed by atoms with Crippen molar-refractivity contribution in [2.75, 3.05) is 23.7 Å². The van der Waals surface area contributed by atoms with Crippen molar-refractivity contribution >= 4 is 11.6 Å². The van der Waals surface area contributed by atoms with Crippen LogP contribution in [-0.2, 0) is 6.42 Å². The molecule has 0 unspecified atom stereocenters. The summed E-state index contributed by atoms with van der Waals surface area (Å²) in [4.78, 5) is 12.6. The first-order valence-electron chi connectivity index (χ1n) is 6.57. The molecule has 100 valence electrons. The van der Waals surface area contributed by atoms with Crippen LogP contribution in [0.3, 0.4) is 0 Å². The number of anilines is 2. The van der Waals surface area contributed by atoms with Crippen molar-refractivity contribution in [1.82, 2.24) is 15.0 Å². The summed E-state index contributed by atoms with van der Waals surface area (Å²) in [6.07, 6.45) is 9.11. The van der Waals surface area contributed by atoms with E-state index in [0.717, 1.165) is 37.6 Å². The normalized spacial score (nSPS) is 10.2. The lowest BCUT2D eigenvalue weighted by atomic mass is 10.2. The Labute approximate surface area is 113 Å². The molecule has 0 bridgehead atoms. The van der Waals surface area contributed by atoms with Crippen LogP contribution in [-0.4, -0.2) is 28.0 Å². The molecule has 0 aliphatic carbocycles. The van der Waals surface area contributed by atoms with E-state index in [2.05, 4.69) is 32.5 Å². The monoisotopic (exact) mass is 257 g/mol. The van der Waals surface area contributed by atoms with Gasteiger partial charge in [-0.15, -0.1) is 0 Å². The van der Waals surface area contributed by atoms with Gasteiger partial charge in [-0.2, -0.15) is 0 Å². The van der Waals surface area contributed by atoms with Crippen molar-refractivity contribution in [1.29, 1.82) is 0 Å². The first kappa shape index (κ1) is 13.3. The van der Waals surface area contributed by atoms with Crippen molar-refractivity contribution < 1.29 is 0 Å². The molecule has 2 aromatic rings. The zero-order chi connectivity index (χ0) is 13.3. The van der Waals surface area contributed by atoms with Crippen LogP contribution in [0.5, 0.6) is 0 Å². The van der Waals surface area contributed by atoms with Crippen LogP contribution in [0, 0.1) is 0 Å². The number of aromatic nitrogens is 3. The quantitative estimate of drug-likeness (QED) is 0.797. The Balaban J connectivity index is 1.82. The summed E-state index contributed by atoms with van der Waals surface area (Å²) in [6, 6.07) is 4.04. The Morgan fingerprint density at radius 3 is 2.32 bits per heavy atom. The summed E-state index contributed by atoms with van der Waals surface area (Å²) in [5.41, 5.74) is 1.26. The molecule has 0 saturated carbocycles. The van der Waals surface area contributed by atoms with E-state index in [0.29, 0.717) is 0 Å². The zero-order valence-electron chi connectivity index (χ0n) is 11.1. The Morgan fingerprint density at radius 1 is 0.947 bits per heavy atom. The molecule has 2 aromatic heterocycles. The number of hydrogen-bond donors (Lipinski definition) is 2. The third-order valence-corrected chi connectivity index (χ3v) is 2.66. The van der Waals surface area contributed by atoms with E-state index in [4.69, 9.17) is 0 Å². The summed E-state index contributed by atoms with van der Waals surface area (Å²) in [5, 5.41) is 6.50. The summed E-state index contributed by atoms with van der Waals surface area (Å²) in [5.74, 6) is 1.62. The van der Waals surface area contributed by atoms with Crippen LogP contribution < -0.4 is 10.6 Å². The molecule has 2 heterocycles. The second-order valence-electron chi connectivity index (χ2n) is 4.25. The zero-order valence-corrected chi connectivity index (χ0v) is 11.1. The van der Waals surface area contributed by atoms with E-state index in [9.17, 15) is 0 Å². The van der Waals surface area contributed by atoms with Crippen molar-refractivity contribution in [3.63, 3.8) is 0 Å². The van der Waals surface area contributed by atoms with Gasteiger partial charge >= 0.3 is 0 Å². The van der Waals surface area contributed by atoms with E-state index in [1.165, 1.54) is 5.56 Å². The second kappa shape index (κ2) is 7.31. The van der Waals surface area contributed by atoms with Gasteiger partial charge in [0.1, 0.15) is 11.6 Å². The maximum absolute atomic E-state index is 4.44. The molecule has 2 N–H and O–H groups in total. The van der Waals surface area contributed by atoms with E-state index >= 15 is 0 Å². The van der Waals surface area contributed by atoms with E-state index in [1.54, 1.807) is 12.4 Å². The Bertz CT molecular complexity index is 486. The Morgan fingerprint density at radius 2 is 1.63 bits per heavy atom. The van der Waals surface area contributed by atoms with Gasteiger partial charge in [-0.05, 0) is 30.5 Å². The molecule has 0 radical (unpaired) electrons. The largest absolute Gasteiger partial charge is 0.369 e. The molecule has 19 heavy (non-hydrogen) atoms. The fourth-order valence-electron chi connectivity index (χ4n) is 1.67. The fraction of sp³-hybridized carbons (Fsp3) is 0.357. The van der Waals surface area contributed by atoms with E-state index < -0.39 is 0 Å². The van der Waals surface area contributed by atoms with Gasteiger partial charge in [-0.3, -0.25) is 9.97 Å². The van der Waals surface area contributed by atoms with Gasteiger partial charge in [-0.25, -0.2) is 4.98 Å². The van der Waals surface area contributed by atoms with Gasteiger partial charge in [0.05, 0.1) is 12.4 Å². The third-order valence-electron chi connectivity index (χ3n) is 2.66. The van der Waals surface area contributed by atoms with Crippen molar-refractivity contribution in [2.24, 2.45) is 0 Å². The van der Waals surface area contributed by atoms with Crippen molar-refractivity contribution in [3.8, 4) is 0 Å². The lowest BCUT2D eigenvalue weighted by Crippen LogP contribution is -2.09. The van der Waals surface area contributed by atoms with E-state index in [1.807, 2.05) is 24.5 Å².